The number of aliphatic hydroxyl groups is 1. The summed E-state index contributed by atoms with van der Waals surface area (Å²) in [5.74, 6) is 0.820. The first-order chi connectivity index (χ1) is 18.3. The number of rotatable bonds is 7. The van der Waals surface area contributed by atoms with E-state index in [1.165, 1.54) is 0 Å². The van der Waals surface area contributed by atoms with E-state index < -0.39 is 28.9 Å². The van der Waals surface area contributed by atoms with Gasteiger partial charge in [-0.25, -0.2) is 4.98 Å². The number of aryl methyl sites for hydroxylation is 1. The summed E-state index contributed by atoms with van der Waals surface area (Å²) in [6, 6.07) is 11.0. The Labute approximate surface area is 222 Å². The van der Waals surface area contributed by atoms with Gasteiger partial charge in [-0.2, -0.15) is 31.6 Å². The molecular weight excluding hydrogens is 522 g/mol. The summed E-state index contributed by atoms with van der Waals surface area (Å²) >= 11 is 0. The summed E-state index contributed by atoms with van der Waals surface area (Å²) in [5.41, 5.74) is -1.05. The highest BCUT2D eigenvalue weighted by Gasteiger charge is 2.39. The van der Waals surface area contributed by atoms with Crippen LogP contribution in [0.25, 0.3) is 0 Å². The SMILES string of the molecule is Cc1ncc(CN2CCC(CO)(Cc3cc(C(F)(F)F)cc(C(F)(F)F)c3)CC2)n1Cc1ccc(C#N)cc1. The van der Waals surface area contributed by atoms with E-state index in [1.54, 1.807) is 18.3 Å². The van der Waals surface area contributed by atoms with E-state index in [-0.39, 0.29) is 24.7 Å². The van der Waals surface area contributed by atoms with Gasteiger partial charge in [-0.1, -0.05) is 12.1 Å². The van der Waals surface area contributed by atoms with Crippen molar-refractivity contribution in [2.45, 2.75) is 51.6 Å². The molecule has 0 amide bonds. The molecular formula is C28H28F6N4O. The first kappa shape index (κ1) is 28.6. The molecule has 5 nitrogen and oxygen atoms in total. The second kappa shape index (κ2) is 11.0. The number of benzene rings is 2. The van der Waals surface area contributed by atoms with E-state index >= 15 is 0 Å². The number of likely N-dealkylation sites (tertiary alicyclic amines) is 1. The molecule has 1 aromatic heterocycles. The lowest BCUT2D eigenvalue weighted by atomic mass is 9.74. The van der Waals surface area contributed by atoms with Gasteiger partial charge in [0.2, 0.25) is 0 Å². The van der Waals surface area contributed by atoms with Crippen LogP contribution in [0.4, 0.5) is 26.3 Å². The third-order valence-electron chi connectivity index (χ3n) is 7.43. The number of hydrogen-bond donors (Lipinski definition) is 1. The average Bonchev–Trinajstić information content (AvgIpc) is 3.23. The number of halogens is 6. The van der Waals surface area contributed by atoms with Crippen molar-refractivity contribution < 1.29 is 31.4 Å². The Bertz CT molecular complexity index is 1300. The van der Waals surface area contributed by atoms with Crippen molar-refractivity contribution in [3.05, 3.63) is 88.0 Å². The molecule has 1 fully saturated rings. The standard InChI is InChI=1S/C28H28F6N4O/c1-19-36-15-25(38(19)16-21-4-2-20(14-35)3-5-21)17-37-8-6-26(18-39,7-9-37)13-22-10-23(27(29,30)31)12-24(11-22)28(32,33)34/h2-5,10-12,15,39H,6-9,13,16-18H2,1H3. The van der Waals surface area contributed by atoms with Gasteiger partial charge in [-0.3, -0.25) is 4.90 Å². The van der Waals surface area contributed by atoms with E-state index in [4.69, 9.17) is 5.26 Å². The number of aromatic nitrogens is 2. The molecule has 2 aromatic carbocycles. The number of hydrogen-bond acceptors (Lipinski definition) is 4. The molecule has 1 saturated heterocycles. The van der Waals surface area contributed by atoms with Crippen molar-refractivity contribution in [1.82, 2.24) is 14.5 Å². The van der Waals surface area contributed by atoms with Crippen molar-refractivity contribution in [3.8, 4) is 6.07 Å². The van der Waals surface area contributed by atoms with Crippen LogP contribution >= 0.6 is 0 Å². The molecule has 0 unspecified atom stereocenters. The Morgan fingerprint density at radius 3 is 2.03 bits per heavy atom. The van der Waals surface area contributed by atoms with Gasteiger partial charge in [0.25, 0.3) is 0 Å². The molecule has 11 heteroatoms. The molecule has 1 aliphatic rings. The van der Waals surface area contributed by atoms with Gasteiger partial charge in [0.1, 0.15) is 5.82 Å². The predicted octanol–water partition coefficient (Wildman–Crippen LogP) is 5.97. The molecule has 0 bridgehead atoms. The minimum absolute atomic E-state index is 0.0833. The van der Waals surface area contributed by atoms with E-state index in [0.717, 1.165) is 29.2 Å². The van der Waals surface area contributed by atoms with Crippen LogP contribution in [0.3, 0.4) is 0 Å². The Morgan fingerprint density at radius 1 is 0.923 bits per heavy atom. The lowest BCUT2D eigenvalue weighted by Gasteiger charge is -2.41. The fourth-order valence-electron chi connectivity index (χ4n) is 5.08. The minimum Gasteiger partial charge on any atom is -0.396 e. The highest BCUT2D eigenvalue weighted by molar-refractivity contribution is 5.35. The van der Waals surface area contributed by atoms with Crippen LogP contribution < -0.4 is 0 Å². The van der Waals surface area contributed by atoms with Crippen molar-refractivity contribution in [3.63, 3.8) is 0 Å². The first-order valence-electron chi connectivity index (χ1n) is 12.4. The third-order valence-corrected chi connectivity index (χ3v) is 7.43. The van der Waals surface area contributed by atoms with Gasteiger partial charge in [-0.05, 0) is 86.1 Å². The monoisotopic (exact) mass is 550 g/mol. The van der Waals surface area contributed by atoms with E-state index in [9.17, 15) is 31.4 Å². The molecule has 39 heavy (non-hydrogen) atoms. The van der Waals surface area contributed by atoms with E-state index in [2.05, 4.69) is 20.5 Å². The second-order valence-electron chi connectivity index (χ2n) is 10.2. The summed E-state index contributed by atoms with van der Waals surface area (Å²) in [6.07, 6.45) is -7.28. The molecule has 0 aliphatic carbocycles. The van der Waals surface area contributed by atoms with Crippen LogP contribution in [-0.2, 0) is 31.9 Å². The number of piperidine rings is 1. The third kappa shape index (κ3) is 6.81. The Kier molecular flexibility index (Phi) is 8.09. The maximum atomic E-state index is 13.3. The number of imidazole rings is 1. The van der Waals surface area contributed by atoms with Gasteiger partial charge in [0.15, 0.2) is 0 Å². The number of aliphatic hydroxyl groups excluding tert-OH is 1. The second-order valence-corrected chi connectivity index (χ2v) is 10.2. The molecule has 1 N–H and O–H groups in total. The topological polar surface area (TPSA) is 65.1 Å². The molecule has 208 valence electrons. The highest BCUT2D eigenvalue weighted by atomic mass is 19.4. The van der Waals surface area contributed by atoms with Gasteiger partial charge < -0.3 is 9.67 Å². The van der Waals surface area contributed by atoms with Crippen LogP contribution in [0, 0.1) is 23.7 Å². The van der Waals surface area contributed by atoms with Crippen LogP contribution in [0.2, 0.25) is 0 Å². The molecule has 0 radical (unpaired) electrons. The average molecular weight is 551 g/mol. The number of nitrogens with zero attached hydrogens (tertiary/aromatic N) is 4. The van der Waals surface area contributed by atoms with Crippen LogP contribution in [0.15, 0.2) is 48.7 Å². The number of nitriles is 1. The minimum atomic E-state index is -4.91. The first-order valence-corrected chi connectivity index (χ1v) is 12.4. The van der Waals surface area contributed by atoms with Crippen LogP contribution in [-0.4, -0.2) is 39.3 Å². The zero-order chi connectivity index (χ0) is 28.4. The normalized spacial score (nSPS) is 16.3. The fraction of sp³-hybridized carbons (Fsp3) is 0.429. The van der Waals surface area contributed by atoms with Crippen molar-refractivity contribution in [1.29, 1.82) is 5.26 Å². The fourth-order valence-corrected chi connectivity index (χ4v) is 5.08. The summed E-state index contributed by atoms with van der Waals surface area (Å²) in [5, 5.41) is 19.2. The summed E-state index contributed by atoms with van der Waals surface area (Å²) in [6.45, 7) is 3.72. The smallest absolute Gasteiger partial charge is 0.396 e. The van der Waals surface area contributed by atoms with Crippen LogP contribution in [0.5, 0.6) is 0 Å². The molecule has 2 heterocycles. The van der Waals surface area contributed by atoms with Crippen molar-refractivity contribution >= 4 is 0 Å². The summed E-state index contributed by atoms with van der Waals surface area (Å²) in [7, 11) is 0. The van der Waals surface area contributed by atoms with Crippen molar-refractivity contribution in [2.24, 2.45) is 5.41 Å². The Balaban J connectivity index is 1.46. The van der Waals surface area contributed by atoms with Gasteiger partial charge in [0.05, 0.1) is 28.5 Å². The molecule has 1 aliphatic heterocycles. The number of alkyl halides is 6. The zero-order valence-electron chi connectivity index (χ0n) is 21.3. The molecule has 4 rings (SSSR count). The molecule has 0 saturated carbocycles. The molecule has 3 aromatic rings. The summed E-state index contributed by atoms with van der Waals surface area (Å²) < 4.78 is 81.9. The van der Waals surface area contributed by atoms with Gasteiger partial charge in [0, 0.05) is 25.9 Å². The Morgan fingerprint density at radius 2 is 1.51 bits per heavy atom. The molecule has 0 atom stereocenters. The predicted molar refractivity (Wildman–Crippen MR) is 131 cm³/mol. The Hall–Kier alpha value is -3.36. The lowest BCUT2D eigenvalue weighted by Crippen LogP contribution is -2.43. The molecule has 0 spiro atoms. The van der Waals surface area contributed by atoms with Crippen LogP contribution in [0.1, 0.15) is 52.2 Å². The van der Waals surface area contributed by atoms with Crippen molar-refractivity contribution in [2.75, 3.05) is 19.7 Å². The zero-order valence-corrected chi connectivity index (χ0v) is 21.3. The largest absolute Gasteiger partial charge is 0.416 e. The highest BCUT2D eigenvalue weighted by Crippen LogP contribution is 2.40. The van der Waals surface area contributed by atoms with E-state index in [1.807, 2.05) is 19.1 Å². The van der Waals surface area contributed by atoms with E-state index in [0.29, 0.717) is 44.6 Å². The summed E-state index contributed by atoms with van der Waals surface area (Å²) in [4.78, 5) is 6.57. The maximum Gasteiger partial charge on any atom is 0.416 e. The lowest BCUT2D eigenvalue weighted by molar-refractivity contribution is -0.143. The van der Waals surface area contributed by atoms with Gasteiger partial charge in [-0.15, -0.1) is 0 Å². The van der Waals surface area contributed by atoms with Gasteiger partial charge >= 0.3 is 12.4 Å². The maximum absolute atomic E-state index is 13.3. The quantitative estimate of drug-likeness (QED) is 0.369.